The van der Waals surface area contributed by atoms with Crippen molar-refractivity contribution in [1.29, 1.82) is 0 Å². The standard InChI is InChI=1S/C19H15NO5S2/c21-14-7-6-12(9-15(14)22)10-16-17(23)20(19(26)27-16)13(18(24)25)8-11-4-2-1-3-5-11/h1-7,9-10,13,21-22H,8H2,(H,24,25)/b16-10-. The fourth-order valence-corrected chi connectivity index (χ4v) is 4.01. The minimum absolute atomic E-state index is 0.135. The second-order valence-electron chi connectivity index (χ2n) is 5.84. The van der Waals surface area contributed by atoms with Crippen LogP contribution in [0.3, 0.4) is 0 Å². The van der Waals surface area contributed by atoms with E-state index in [1.165, 1.54) is 24.3 Å². The van der Waals surface area contributed by atoms with E-state index in [0.717, 1.165) is 22.2 Å². The summed E-state index contributed by atoms with van der Waals surface area (Å²) in [5.41, 5.74) is 1.27. The minimum atomic E-state index is -1.14. The molecule has 1 aliphatic rings. The van der Waals surface area contributed by atoms with Crippen molar-refractivity contribution >= 4 is 46.3 Å². The normalized spacial score (nSPS) is 16.7. The molecule has 2 aromatic rings. The van der Waals surface area contributed by atoms with Crippen molar-refractivity contribution in [3.8, 4) is 11.5 Å². The van der Waals surface area contributed by atoms with Crippen LogP contribution in [-0.2, 0) is 16.0 Å². The molecule has 138 valence electrons. The van der Waals surface area contributed by atoms with Gasteiger partial charge in [0.1, 0.15) is 10.4 Å². The van der Waals surface area contributed by atoms with E-state index >= 15 is 0 Å². The van der Waals surface area contributed by atoms with Gasteiger partial charge in [-0.25, -0.2) is 4.79 Å². The van der Waals surface area contributed by atoms with E-state index in [2.05, 4.69) is 0 Å². The number of carbonyl (C=O) groups excluding carboxylic acids is 1. The van der Waals surface area contributed by atoms with Gasteiger partial charge in [-0.05, 0) is 29.3 Å². The monoisotopic (exact) mass is 401 g/mol. The summed E-state index contributed by atoms with van der Waals surface area (Å²) >= 11 is 6.25. The molecule has 1 aliphatic heterocycles. The molecule has 1 heterocycles. The smallest absolute Gasteiger partial charge is 0.327 e. The maximum atomic E-state index is 12.8. The third-order valence-corrected chi connectivity index (χ3v) is 5.32. The fraction of sp³-hybridized carbons (Fsp3) is 0.105. The van der Waals surface area contributed by atoms with Crippen LogP contribution in [0.2, 0.25) is 0 Å². The third-order valence-electron chi connectivity index (χ3n) is 3.99. The predicted octanol–water partition coefficient (Wildman–Crippen LogP) is 2.99. The molecule has 0 saturated carbocycles. The molecule has 0 aromatic heterocycles. The molecule has 1 saturated heterocycles. The molecule has 27 heavy (non-hydrogen) atoms. The summed E-state index contributed by atoms with van der Waals surface area (Å²) in [7, 11) is 0. The lowest BCUT2D eigenvalue weighted by atomic mass is 10.0. The van der Waals surface area contributed by atoms with Gasteiger partial charge in [0.2, 0.25) is 0 Å². The van der Waals surface area contributed by atoms with Gasteiger partial charge in [-0.15, -0.1) is 0 Å². The molecule has 6 nitrogen and oxygen atoms in total. The lowest BCUT2D eigenvalue weighted by Gasteiger charge is -2.23. The summed E-state index contributed by atoms with van der Waals surface area (Å²) in [4.78, 5) is 25.9. The SMILES string of the molecule is O=C(O)C(Cc1ccccc1)N1C(=O)/C(=C/c2ccc(O)c(O)c2)SC1=S. The van der Waals surface area contributed by atoms with Gasteiger partial charge in [0, 0.05) is 6.42 Å². The van der Waals surface area contributed by atoms with Crippen LogP contribution in [0, 0.1) is 0 Å². The number of nitrogens with zero attached hydrogens (tertiary/aromatic N) is 1. The Hall–Kier alpha value is -2.84. The van der Waals surface area contributed by atoms with Gasteiger partial charge in [0.25, 0.3) is 5.91 Å². The van der Waals surface area contributed by atoms with Crippen LogP contribution in [0.5, 0.6) is 11.5 Å². The molecule has 0 radical (unpaired) electrons. The molecule has 8 heteroatoms. The average molecular weight is 401 g/mol. The van der Waals surface area contributed by atoms with E-state index in [1.54, 1.807) is 24.3 Å². The Bertz CT molecular complexity index is 942. The number of aromatic hydroxyl groups is 2. The summed E-state index contributed by atoms with van der Waals surface area (Å²) < 4.78 is 0.164. The topological polar surface area (TPSA) is 98.1 Å². The number of phenols is 2. The maximum Gasteiger partial charge on any atom is 0.327 e. The predicted molar refractivity (Wildman–Crippen MR) is 106 cm³/mol. The number of carboxylic acid groups (broad SMARTS) is 1. The second kappa shape index (κ2) is 7.81. The van der Waals surface area contributed by atoms with E-state index in [0.29, 0.717) is 5.56 Å². The summed E-state index contributed by atoms with van der Waals surface area (Å²) in [6.07, 6.45) is 1.63. The molecule has 0 aliphatic carbocycles. The van der Waals surface area contributed by atoms with Gasteiger partial charge in [-0.2, -0.15) is 0 Å². The van der Waals surface area contributed by atoms with Crippen LogP contribution in [0.25, 0.3) is 6.08 Å². The Morgan fingerprint density at radius 3 is 2.48 bits per heavy atom. The first-order valence-corrected chi connectivity index (χ1v) is 9.15. The van der Waals surface area contributed by atoms with E-state index in [-0.39, 0.29) is 27.1 Å². The van der Waals surface area contributed by atoms with Crippen LogP contribution >= 0.6 is 24.0 Å². The number of thioether (sulfide) groups is 1. The summed E-state index contributed by atoms with van der Waals surface area (Å²) in [5.74, 6) is -2.22. The number of carboxylic acids is 1. The van der Waals surface area contributed by atoms with Crippen LogP contribution in [0.4, 0.5) is 0 Å². The van der Waals surface area contributed by atoms with Crippen LogP contribution in [0.15, 0.2) is 53.4 Å². The maximum absolute atomic E-state index is 12.8. The molecule has 1 unspecified atom stereocenters. The Morgan fingerprint density at radius 2 is 1.85 bits per heavy atom. The van der Waals surface area contributed by atoms with Gasteiger partial charge in [0.15, 0.2) is 11.5 Å². The highest BCUT2D eigenvalue weighted by Gasteiger charge is 2.40. The van der Waals surface area contributed by atoms with Gasteiger partial charge in [-0.1, -0.05) is 60.4 Å². The zero-order valence-corrected chi connectivity index (χ0v) is 15.5. The van der Waals surface area contributed by atoms with Crippen LogP contribution in [0.1, 0.15) is 11.1 Å². The highest BCUT2D eigenvalue weighted by atomic mass is 32.2. The molecule has 2 aromatic carbocycles. The van der Waals surface area contributed by atoms with Crippen molar-refractivity contribution < 1.29 is 24.9 Å². The summed E-state index contributed by atoms with van der Waals surface area (Å²) in [6, 6.07) is 12.0. The Labute approximate surface area is 164 Å². The van der Waals surface area contributed by atoms with Gasteiger partial charge < -0.3 is 15.3 Å². The van der Waals surface area contributed by atoms with Crippen LogP contribution in [-0.4, -0.2) is 42.5 Å². The first-order valence-electron chi connectivity index (χ1n) is 7.92. The Kier molecular flexibility index (Phi) is 5.48. The summed E-state index contributed by atoms with van der Waals surface area (Å²) in [6.45, 7) is 0. The van der Waals surface area contributed by atoms with Crippen molar-refractivity contribution in [2.45, 2.75) is 12.5 Å². The molecule has 3 rings (SSSR count). The Balaban J connectivity index is 1.88. The molecule has 0 bridgehead atoms. The number of benzene rings is 2. The highest BCUT2D eigenvalue weighted by Crippen LogP contribution is 2.35. The molecule has 3 N–H and O–H groups in total. The van der Waals surface area contributed by atoms with Crippen molar-refractivity contribution in [3.05, 3.63) is 64.6 Å². The molecule has 1 fully saturated rings. The van der Waals surface area contributed by atoms with E-state index in [1.807, 2.05) is 6.07 Å². The molecule has 0 spiro atoms. The third kappa shape index (κ3) is 4.12. The van der Waals surface area contributed by atoms with Gasteiger partial charge in [0.05, 0.1) is 4.91 Å². The van der Waals surface area contributed by atoms with E-state index < -0.39 is 17.9 Å². The minimum Gasteiger partial charge on any atom is -0.504 e. The summed E-state index contributed by atoms with van der Waals surface area (Å²) in [5, 5.41) is 28.6. The number of hydrogen-bond donors (Lipinski definition) is 3. The van der Waals surface area contributed by atoms with Crippen LogP contribution < -0.4 is 0 Å². The molecule has 1 amide bonds. The van der Waals surface area contributed by atoms with Crippen molar-refractivity contribution in [2.24, 2.45) is 0 Å². The quantitative estimate of drug-likeness (QED) is 0.402. The van der Waals surface area contributed by atoms with E-state index in [4.69, 9.17) is 12.2 Å². The second-order valence-corrected chi connectivity index (χ2v) is 7.52. The Morgan fingerprint density at radius 1 is 1.15 bits per heavy atom. The molecular weight excluding hydrogens is 386 g/mol. The first kappa shape index (κ1) is 18.9. The zero-order chi connectivity index (χ0) is 19.6. The van der Waals surface area contributed by atoms with Gasteiger partial charge >= 0.3 is 5.97 Å². The van der Waals surface area contributed by atoms with Crippen molar-refractivity contribution in [2.75, 3.05) is 0 Å². The number of hydrogen-bond acceptors (Lipinski definition) is 6. The average Bonchev–Trinajstić information content (AvgIpc) is 2.90. The lowest BCUT2D eigenvalue weighted by Crippen LogP contribution is -2.45. The van der Waals surface area contributed by atoms with Gasteiger partial charge in [-0.3, -0.25) is 9.69 Å². The number of thiocarbonyl (C=S) groups is 1. The number of amides is 1. The highest BCUT2D eigenvalue weighted by molar-refractivity contribution is 8.26. The van der Waals surface area contributed by atoms with Crippen molar-refractivity contribution in [1.82, 2.24) is 4.90 Å². The molecule has 1 atom stereocenters. The number of rotatable bonds is 5. The largest absolute Gasteiger partial charge is 0.504 e. The first-order chi connectivity index (χ1) is 12.9. The lowest BCUT2D eigenvalue weighted by molar-refractivity contribution is -0.145. The molecular formula is C19H15NO5S2. The fourth-order valence-electron chi connectivity index (χ4n) is 2.66. The van der Waals surface area contributed by atoms with E-state index in [9.17, 15) is 24.9 Å². The number of phenolic OH excluding ortho intramolecular Hbond substituents is 2. The number of aliphatic carboxylic acids is 1. The van der Waals surface area contributed by atoms with Crippen molar-refractivity contribution in [3.63, 3.8) is 0 Å². The zero-order valence-electron chi connectivity index (χ0n) is 13.9. The number of carbonyl (C=O) groups is 2.